The zero-order chi connectivity index (χ0) is 26.5. The van der Waals surface area contributed by atoms with E-state index in [0.29, 0.717) is 0 Å². The largest absolute Gasteiger partial charge is 0.481 e. The van der Waals surface area contributed by atoms with Crippen molar-refractivity contribution in [3.8, 4) is 0 Å². The average molecular weight is 508 g/mol. The number of ether oxygens (including phenoxy) is 2. The van der Waals surface area contributed by atoms with Crippen LogP contribution in [0.25, 0.3) is 0 Å². The van der Waals surface area contributed by atoms with Crippen molar-refractivity contribution in [3.05, 3.63) is 24.0 Å². The Bertz CT molecular complexity index is 1170. The second kappa shape index (κ2) is 6.33. The lowest BCUT2D eigenvalue weighted by molar-refractivity contribution is -0.383. The van der Waals surface area contributed by atoms with Crippen LogP contribution in [0.15, 0.2) is 18.3 Å². The molecule has 11 atom stereocenters. The normalized spacial score (nSPS) is 56.3. The summed E-state index contributed by atoms with van der Waals surface area (Å²) in [4.78, 5) is 29.1. The van der Waals surface area contributed by atoms with Crippen LogP contribution in [0.2, 0.25) is 0 Å². The Balaban J connectivity index is 1.69. The first kappa shape index (κ1) is 24.3. The lowest BCUT2D eigenvalue weighted by Crippen LogP contribution is -2.76. The summed E-state index contributed by atoms with van der Waals surface area (Å²) in [6.45, 7) is 6.28. The molecule has 0 unspecified atom stereocenters. The first-order chi connectivity index (χ1) is 16.6. The minimum Gasteiger partial charge on any atom is -0.481 e. The molecule has 11 heteroatoms. The molecule has 4 aliphatic carbocycles. The Hall–Kier alpha value is -2.02. The summed E-state index contributed by atoms with van der Waals surface area (Å²) in [6, 6.07) is 3.01. The van der Waals surface area contributed by atoms with Crippen LogP contribution < -0.4 is 0 Å². The second-order valence-corrected chi connectivity index (χ2v) is 12.2. The molecule has 1 aromatic rings. The molecular formula is C25H33NO10. The average Bonchev–Trinajstić information content (AvgIpc) is 3.43. The molecule has 4 saturated carbocycles. The molecule has 7 rings (SSSR count). The number of carbonyl (C=O) groups is 2. The maximum Gasteiger partial charge on any atom is 0.355 e. The van der Waals surface area contributed by atoms with E-state index in [0.717, 1.165) is 0 Å². The number of hydrogen-bond acceptors (Lipinski definition) is 9. The van der Waals surface area contributed by atoms with Crippen molar-refractivity contribution in [1.82, 2.24) is 4.98 Å². The molecule has 6 aliphatic rings. The first-order valence-corrected chi connectivity index (χ1v) is 12.4. The van der Waals surface area contributed by atoms with Crippen LogP contribution in [0.5, 0.6) is 0 Å². The van der Waals surface area contributed by atoms with Gasteiger partial charge in [0.15, 0.2) is 11.4 Å². The number of esters is 1. The molecule has 198 valence electrons. The SMILES string of the molecule is CC(C)[C@@]1(O)[C@@H](OC(=O)c2ccc[nH]2)[C@@H]2[C@@]3(O)[C@]45O[C@@](O)(C[C@@]2(C(=O)O)[C@]4(O)CC[C@H](C)[C@H]5O)[C@]31C. The van der Waals surface area contributed by atoms with Crippen LogP contribution in [0.1, 0.15) is 57.4 Å². The van der Waals surface area contributed by atoms with Gasteiger partial charge in [-0.25, -0.2) is 4.79 Å². The van der Waals surface area contributed by atoms with Gasteiger partial charge >= 0.3 is 11.9 Å². The van der Waals surface area contributed by atoms with Crippen LogP contribution in [-0.4, -0.2) is 88.0 Å². The number of carboxylic acid groups (broad SMARTS) is 1. The van der Waals surface area contributed by atoms with Gasteiger partial charge in [0.1, 0.15) is 34.0 Å². The lowest BCUT2D eigenvalue weighted by Gasteiger charge is -2.59. The number of aromatic nitrogens is 1. The molecule has 1 aromatic heterocycles. The Morgan fingerprint density at radius 1 is 1.22 bits per heavy atom. The zero-order valence-corrected chi connectivity index (χ0v) is 20.6. The molecule has 3 heterocycles. The van der Waals surface area contributed by atoms with Crippen molar-refractivity contribution in [2.45, 2.75) is 87.4 Å². The summed E-state index contributed by atoms with van der Waals surface area (Å²) in [5, 5.41) is 71.8. The molecule has 7 N–H and O–H groups in total. The molecule has 36 heavy (non-hydrogen) atoms. The summed E-state index contributed by atoms with van der Waals surface area (Å²) in [5.74, 6) is -7.81. The van der Waals surface area contributed by atoms with Crippen molar-refractivity contribution in [2.24, 2.45) is 28.6 Å². The third kappa shape index (κ3) is 1.85. The van der Waals surface area contributed by atoms with Gasteiger partial charge in [0.25, 0.3) is 0 Å². The lowest BCUT2D eigenvalue weighted by atomic mass is 9.53. The zero-order valence-electron chi connectivity index (χ0n) is 20.6. The predicted molar refractivity (Wildman–Crippen MR) is 119 cm³/mol. The van der Waals surface area contributed by atoms with Crippen molar-refractivity contribution in [2.75, 3.05) is 0 Å². The van der Waals surface area contributed by atoms with Gasteiger partial charge in [-0.1, -0.05) is 20.8 Å². The number of hydrogen-bond donors (Lipinski definition) is 7. The Labute approximate surface area is 207 Å². The van der Waals surface area contributed by atoms with Gasteiger partial charge in [-0.3, -0.25) is 4.79 Å². The Morgan fingerprint density at radius 2 is 1.89 bits per heavy atom. The summed E-state index contributed by atoms with van der Waals surface area (Å²) in [5.41, 5.74) is -13.7. The first-order valence-electron chi connectivity index (χ1n) is 12.4. The minimum atomic E-state index is -2.48. The predicted octanol–water partition coefficient (Wildman–Crippen LogP) is -0.238. The quantitative estimate of drug-likeness (QED) is 0.268. The van der Waals surface area contributed by atoms with Crippen molar-refractivity contribution < 1.29 is 49.7 Å². The molecule has 1 spiro atoms. The molecule has 2 aliphatic heterocycles. The van der Waals surface area contributed by atoms with Gasteiger partial charge < -0.3 is 45.1 Å². The Morgan fingerprint density at radius 3 is 2.44 bits per heavy atom. The van der Waals surface area contributed by atoms with E-state index in [2.05, 4.69) is 4.98 Å². The van der Waals surface area contributed by atoms with E-state index in [9.17, 15) is 40.2 Å². The number of carboxylic acids is 1. The number of aliphatic hydroxyl groups excluding tert-OH is 1. The number of nitrogens with one attached hydrogen (secondary N) is 1. The van der Waals surface area contributed by atoms with Gasteiger partial charge in [-0.2, -0.15) is 0 Å². The van der Waals surface area contributed by atoms with Crippen LogP contribution in [0.4, 0.5) is 0 Å². The number of aliphatic hydroxyl groups is 5. The van der Waals surface area contributed by atoms with Gasteiger partial charge in [-0.15, -0.1) is 0 Å². The van der Waals surface area contributed by atoms with Crippen LogP contribution in [0, 0.1) is 28.6 Å². The number of H-pyrrole nitrogens is 1. The van der Waals surface area contributed by atoms with Gasteiger partial charge in [0, 0.05) is 12.6 Å². The maximum absolute atomic E-state index is 13.2. The molecule has 0 aromatic carbocycles. The molecule has 2 saturated heterocycles. The summed E-state index contributed by atoms with van der Waals surface area (Å²) < 4.78 is 12.0. The number of carbonyl (C=O) groups excluding carboxylic acids is 1. The van der Waals surface area contributed by atoms with E-state index in [4.69, 9.17) is 9.47 Å². The number of aliphatic carboxylic acids is 1. The summed E-state index contributed by atoms with van der Waals surface area (Å²) in [6.07, 6.45) is -2.31. The number of rotatable bonds is 4. The molecule has 0 radical (unpaired) electrons. The van der Waals surface area contributed by atoms with Gasteiger partial charge in [0.2, 0.25) is 0 Å². The van der Waals surface area contributed by atoms with Crippen molar-refractivity contribution in [3.63, 3.8) is 0 Å². The third-order valence-corrected chi connectivity index (χ3v) is 11.1. The fourth-order valence-corrected chi connectivity index (χ4v) is 9.50. The van der Waals surface area contributed by atoms with Crippen LogP contribution >= 0.6 is 0 Å². The smallest absolute Gasteiger partial charge is 0.355 e. The fourth-order valence-electron chi connectivity index (χ4n) is 9.50. The van der Waals surface area contributed by atoms with Gasteiger partial charge in [-0.05, 0) is 43.7 Å². The minimum absolute atomic E-state index is 0.0412. The monoisotopic (exact) mass is 507 g/mol. The molecule has 0 amide bonds. The van der Waals surface area contributed by atoms with E-state index < -0.39 is 87.3 Å². The molecule has 6 bridgehead atoms. The highest BCUT2D eigenvalue weighted by molar-refractivity contribution is 5.88. The van der Waals surface area contributed by atoms with E-state index in [1.807, 2.05) is 0 Å². The highest BCUT2D eigenvalue weighted by Crippen LogP contribution is 2.89. The van der Waals surface area contributed by atoms with Crippen molar-refractivity contribution >= 4 is 11.9 Å². The highest BCUT2D eigenvalue weighted by atomic mass is 16.7. The summed E-state index contributed by atoms with van der Waals surface area (Å²) >= 11 is 0. The van der Waals surface area contributed by atoms with E-state index >= 15 is 0 Å². The topological polar surface area (TPSA) is 190 Å². The van der Waals surface area contributed by atoms with Crippen LogP contribution in [0.3, 0.4) is 0 Å². The molecule has 11 nitrogen and oxygen atoms in total. The van der Waals surface area contributed by atoms with Crippen LogP contribution in [-0.2, 0) is 14.3 Å². The Kier molecular flexibility index (Phi) is 4.28. The molecule has 6 fully saturated rings. The van der Waals surface area contributed by atoms with E-state index in [1.54, 1.807) is 26.8 Å². The highest BCUT2D eigenvalue weighted by Gasteiger charge is 3.07. The standard InChI is InChI=1S/C25H33NO10/c1-11(2)23(33)16(35-17(28)13-6-5-9-26-13)14-20(18(29)30)10-22(32)19(23,4)24(14,34)25(36-22)15(27)12(3)7-8-21(20,25)31/h5-6,9,11-12,14-16,26-27,31-34H,7-8,10H2,1-4H3,(H,29,30)/t12-,14-,15+,16-,19-,20+,21+,22-,23+,24-,25+/m0/s1. The van der Waals surface area contributed by atoms with E-state index in [1.165, 1.54) is 19.2 Å². The molecular weight excluding hydrogens is 474 g/mol. The third-order valence-electron chi connectivity index (χ3n) is 11.1. The number of aromatic amines is 1. The van der Waals surface area contributed by atoms with E-state index in [-0.39, 0.29) is 18.5 Å². The fraction of sp³-hybridized carbons (Fsp3) is 0.760. The van der Waals surface area contributed by atoms with Crippen molar-refractivity contribution in [1.29, 1.82) is 0 Å². The summed E-state index contributed by atoms with van der Waals surface area (Å²) in [7, 11) is 0. The second-order valence-electron chi connectivity index (χ2n) is 12.2. The maximum atomic E-state index is 13.2. The van der Waals surface area contributed by atoms with Gasteiger partial charge in [0.05, 0.1) is 17.4 Å².